The molecule has 0 radical (unpaired) electrons. The normalized spacial score (nSPS) is 14.0. The lowest BCUT2D eigenvalue weighted by Gasteiger charge is -2.16. The van der Waals surface area contributed by atoms with Crippen molar-refractivity contribution in [3.8, 4) is 0 Å². The lowest BCUT2D eigenvalue weighted by atomic mass is 9.99. The van der Waals surface area contributed by atoms with Crippen LogP contribution in [0.3, 0.4) is 0 Å². The molecular formula is C25H24N2O4. The third-order valence-corrected chi connectivity index (χ3v) is 5.53. The summed E-state index contributed by atoms with van der Waals surface area (Å²) in [6.07, 6.45) is 2.20. The van der Waals surface area contributed by atoms with E-state index in [1.807, 2.05) is 6.92 Å². The van der Waals surface area contributed by atoms with E-state index < -0.39 is 5.91 Å². The van der Waals surface area contributed by atoms with Gasteiger partial charge in [-0.15, -0.1) is 0 Å². The van der Waals surface area contributed by atoms with Gasteiger partial charge in [-0.2, -0.15) is 0 Å². The van der Waals surface area contributed by atoms with E-state index in [2.05, 4.69) is 37.4 Å². The summed E-state index contributed by atoms with van der Waals surface area (Å²) < 4.78 is 5.25. The van der Waals surface area contributed by atoms with Crippen LogP contribution in [0.2, 0.25) is 0 Å². The van der Waals surface area contributed by atoms with Crippen LogP contribution in [0.15, 0.2) is 59.2 Å². The molecule has 3 aromatic rings. The minimum absolute atomic E-state index is 0.0633. The number of nitrogens with one attached hydrogen (secondary N) is 1. The second-order valence-corrected chi connectivity index (χ2v) is 8.04. The van der Waals surface area contributed by atoms with E-state index >= 15 is 0 Å². The number of hydrogen-bond donors (Lipinski definition) is 1. The molecule has 0 bridgehead atoms. The van der Waals surface area contributed by atoms with Crippen LogP contribution in [-0.2, 0) is 13.0 Å². The van der Waals surface area contributed by atoms with E-state index in [0.29, 0.717) is 23.3 Å². The first-order valence-corrected chi connectivity index (χ1v) is 10.2. The second kappa shape index (κ2) is 8.22. The molecule has 6 heteroatoms. The fraction of sp³-hybridized carbons (Fsp3) is 0.240. The molecule has 1 aromatic heterocycles. The van der Waals surface area contributed by atoms with Gasteiger partial charge in [-0.05, 0) is 68.7 Å². The van der Waals surface area contributed by atoms with E-state index in [9.17, 15) is 14.4 Å². The van der Waals surface area contributed by atoms with Gasteiger partial charge in [-0.1, -0.05) is 23.8 Å². The highest BCUT2D eigenvalue weighted by molar-refractivity contribution is 6.22. The first-order chi connectivity index (χ1) is 14.8. The molecule has 2 heterocycles. The molecule has 31 heavy (non-hydrogen) atoms. The highest BCUT2D eigenvalue weighted by Crippen LogP contribution is 2.26. The molecule has 0 aliphatic carbocycles. The zero-order valence-corrected chi connectivity index (χ0v) is 17.8. The molecule has 4 rings (SSSR count). The van der Waals surface area contributed by atoms with E-state index in [4.69, 9.17) is 4.42 Å². The summed E-state index contributed by atoms with van der Waals surface area (Å²) in [4.78, 5) is 39.3. The molecular weight excluding hydrogens is 392 g/mol. The highest BCUT2D eigenvalue weighted by Gasteiger charge is 2.36. The van der Waals surface area contributed by atoms with Crippen LogP contribution in [0.1, 0.15) is 60.4 Å². The Morgan fingerprint density at radius 3 is 2.52 bits per heavy atom. The maximum Gasteiger partial charge on any atom is 0.261 e. The fourth-order valence-electron chi connectivity index (χ4n) is 3.90. The Labute approximate surface area is 180 Å². The Bertz CT molecular complexity index is 1160. The molecule has 2 aromatic carbocycles. The third-order valence-electron chi connectivity index (χ3n) is 5.53. The number of benzene rings is 2. The van der Waals surface area contributed by atoms with Gasteiger partial charge in [0, 0.05) is 11.6 Å². The monoisotopic (exact) mass is 416 g/mol. The van der Waals surface area contributed by atoms with Crippen LogP contribution in [0.5, 0.6) is 0 Å². The predicted molar refractivity (Wildman–Crippen MR) is 116 cm³/mol. The zero-order valence-electron chi connectivity index (χ0n) is 17.8. The molecule has 1 unspecified atom stereocenters. The average Bonchev–Trinajstić information content (AvgIpc) is 3.33. The van der Waals surface area contributed by atoms with Gasteiger partial charge >= 0.3 is 0 Å². The maximum atomic E-state index is 12.8. The molecule has 1 atom stereocenters. The summed E-state index contributed by atoms with van der Waals surface area (Å²) in [6.45, 7) is 6.13. The van der Waals surface area contributed by atoms with Gasteiger partial charge in [0.25, 0.3) is 17.7 Å². The fourth-order valence-corrected chi connectivity index (χ4v) is 3.90. The van der Waals surface area contributed by atoms with Gasteiger partial charge in [0.05, 0.1) is 23.9 Å². The molecule has 0 saturated carbocycles. The Balaban J connectivity index is 1.46. The van der Waals surface area contributed by atoms with E-state index in [1.54, 1.807) is 24.3 Å². The lowest BCUT2D eigenvalue weighted by Crippen LogP contribution is -2.34. The highest BCUT2D eigenvalue weighted by atomic mass is 16.3. The molecule has 3 amide bonds. The Morgan fingerprint density at radius 1 is 1.03 bits per heavy atom. The van der Waals surface area contributed by atoms with Crippen molar-refractivity contribution in [2.75, 3.05) is 0 Å². The number of furan rings is 1. The molecule has 0 fully saturated rings. The molecule has 158 valence electrons. The topological polar surface area (TPSA) is 79.6 Å². The number of aryl methyl sites for hydroxylation is 2. The minimum atomic E-state index is -0.422. The van der Waals surface area contributed by atoms with Gasteiger partial charge in [0.2, 0.25) is 0 Å². The summed E-state index contributed by atoms with van der Waals surface area (Å²) >= 11 is 0. The van der Waals surface area contributed by atoms with Gasteiger partial charge in [-0.25, -0.2) is 0 Å². The summed E-state index contributed by atoms with van der Waals surface area (Å²) in [5, 5.41) is 2.99. The smallest absolute Gasteiger partial charge is 0.261 e. The standard InChI is InChI=1S/C25H24N2O4/c1-15-6-7-18(16(2)11-15)12-17(3)26-23(28)19-8-9-21-22(13-19)25(30)27(24(21)29)14-20-5-4-10-31-20/h4-11,13,17H,12,14H2,1-3H3,(H,26,28). The summed E-state index contributed by atoms with van der Waals surface area (Å²) in [6, 6.07) is 14.2. The number of rotatable bonds is 6. The van der Waals surface area contributed by atoms with Crippen molar-refractivity contribution in [1.82, 2.24) is 10.2 Å². The number of carbonyl (C=O) groups excluding carboxylic acids is 3. The van der Waals surface area contributed by atoms with Gasteiger partial charge in [0.15, 0.2) is 0 Å². The minimum Gasteiger partial charge on any atom is -0.467 e. The van der Waals surface area contributed by atoms with Crippen LogP contribution in [0, 0.1) is 13.8 Å². The van der Waals surface area contributed by atoms with Crippen molar-refractivity contribution in [3.63, 3.8) is 0 Å². The molecule has 0 spiro atoms. The number of nitrogens with zero attached hydrogens (tertiary/aromatic N) is 1. The van der Waals surface area contributed by atoms with Crippen LogP contribution >= 0.6 is 0 Å². The molecule has 0 saturated heterocycles. The molecule has 6 nitrogen and oxygen atoms in total. The van der Waals surface area contributed by atoms with Crippen LogP contribution in [0.4, 0.5) is 0 Å². The zero-order chi connectivity index (χ0) is 22.1. The van der Waals surface area contributed by atoms with Gasteiger partial charge in [-0.3, -0.25) is 19.3 Å². The van der Waals surface area contributed by atoms with Crippen molar-refractivity contribution in [3.05, 3.63) is 93.9 Å². The molecule has 1 N–H and O–H groups in total. The summed E-state index contributed by atoms with van der Waals surface area (Å²) in [5.41, 5.74) is 4.48. The number of fused-ring (bicyclic) bond motifs is 1. The second-order valence-electron chi connectivity index (χ2n) is 8.04. The van der Waals surface area contributed by atoms with E-state index in [1.165, 1.54) is 29.0 Å². The quantitative estimate of drug-likeness (QED) is 0.615. The first kappa shape index (κ1) is 20.6. The molecule has 1 aliphatic heterocycles. The van der Waals surface area contributed by atoms with Crippen LogP contribution in [-0.4, -0.2) is 28.7 Å². The number of imide groups is 1. The van der Waals surface area contributed by atoms with Crippen LogP contribution < -0.4 is 5.32 Å². The van der Waals surface area contributed by atoms with Crippen molar-refractivity contribution >= 4 is 17.7 Å². The third kappa shape index (κ3) is 4.14. The van der Waals surface area contributed by atoms with Crippen LogP contribution in [0.25, 0.3) is 0 Å². The largest absolute Gasteiger partial charge is 0.467 e. The van der Waals surface area contributed by atoms with Crippen molar-refractivity contribution in [1.29, 1.82) is 0 Å². The first-order valence-electron chi connectivity index (χ1n) is 10.2. The van der Waals surface area contributed by atoms with Crippen molar-refractivity contribution < 1.29 is 18.8 Å². The lowest BCUT2D eigenvalue weighted by molar-refractivity contribution is 0.0631. The Kier molecular flexibility index (Phi) is 5.46. The number of hydrogen-bond acceptors (Lipinski definition) is 4. The Morgan fingerprint density at radius 2 is 1.81 bits per heavy atom. The van der Waals surface area contributed by atoms with Gasteiger partial charge < -0.3 is 9.73 Å². The Hall–Kier alpha value is -3.67. The van der Waals surface area contributed by atoms with Crippen molar-refractivity contribution in [2.24, 2.45) is 0 Å². The average molecular weight is 416 g/mol. The maximum absolute atomic E-state index is 12.8. The van der Waals surface area contributed by atoms with E-state index in [-0.39, 0.29) is 30.0 Å². The number of amides is 3. The van der Waals surface area contributed by atoms with E-state index in [0.717, 1.165) is 4.90 Å². The number of carbonyl (C=O) groups is 3. The van der Waals surface area contributed by atoms with Crippen molar-refractivity contribution in [2.45, 2.75) is 39.8 Å². The predicted octanol–water partition coefficient (Wildman–Crippen LogP) is 4.05. The SMILES string of the molecule is Cc1ccc(CC(C)NC(=O)c2ccc3c(c2)C(=O)N(Cc2ccco2)C3=O)c(C)c1. The molecule has 1 aliphatic rings. The summed E-state index contributed by atoms with van der Waals surface area (Å²) in [7, 11) is 0. The van der Waals surface area contributed by atoms with Gasteiger partial charge in [0.1, 0.15) is 5.76 Å². The summed E-state index contributed by atoms with van der Waals surface area (Å²) in [5.74, 6) is -0.557.